The Labute approximate surface area is 224 Å². The predicted octanol–water partition coefficient (Wildman–Crippen LogP) is 5.02. The van der Waals surface area contributed by atoms with Crippen LogP contribution >= 0.6 is 12.2 Å². The highest BCUT2D eigenvalue weighted by Crippen LogP contribution is 2.29. The number of piperazine rings is 1. The summed E-state index contributed by atoms with van der Waals surface area (Å²) in [7, 11) is 1.72. The molecule has 37 heavy (non-hydrogen) atoms. The Kier molecular flexibility index (Phi) is 8.58. The second-order valence-electron chi connectivity index (χ2n) is 9.52. The van der Waals surface area contributed by atoms with Crippen LogP contribution in [0.5, 0.6) is 0 Å². The van der Waals surface area contributed by atoms with Crippen LogP contribution in [0.2, 0.25) is 0 Å². The molecule has 192 valence electrons. The van der Waals surface area contributed by atoms with Crippen molar-refractivity contribution in [2.45, 2.75) is 25.7 Å². The number of methoxy groups -OCH3 is 1. The van der Waals surface area contributed by atoms with Gasteiger partial charge in [0.2, 0.25) is 0 Å². The zero-order valence-corrected chi connectivity index (χ0v) is 22.3. The van der Waals surface area contributed by atoms with Crippen molar-refractivity contribution in [2.24, 2.45) is 0 Å². The summed E-state index contributed by atoms with van der Waals surface area (Å²) in [5.74, 6) is 0.986. The smallest absolute Gasteiger partial charge is 0.199 e. The third-order valence-corrected chi connectivity index (χ3v) is 7.49. The fourth-order valence-corrected chi connectivity index (χ4v) is 5.43. The number of hydrogen-bond acceptors (Lipinski definition) is 5. The highest BCUT2D eigenvalue weighted by molar-refractivity contribution is 7.71. The van der Waals surface area contributed by atoms with Crippen LogP contribution in [0, 0.1) is 4.77 Å². The molecule has 0 aliphatic carbocycles. The first-order chi connectivity index (χ1) is 18.2. The fraction of sp³-hybridized carbons (Fsp3) is 0.333. The minimum absolute atomic E-state index is 0.262. The van der Waals surface area contributed by atoms with E-state index in [1.165, 1.54) is 16.7 Å². The van der Waals surface area contributed by atoms with Gasteiger partial charge < -0.3 is 9.30 Å². The van der Waals surface area contributed by atoms with Gasteiger partial charge in [0.1, 0.15) is 5.82 Å². The molecule has 2 heterocycles. The van der Waals surface area contributed by atoms with E-state index in [0.717, 1.165) is 43.2 Å². The van der Waals surface area contributed by atoms with Crippen molar-refractivity contribution < 1.29 is 4.74 Å². The van der Waals surface area contributed by atoms with Gasteiger partial charge in [0.15, 0.2) is 4.77 Å². The summed E-state index contributed by atoms with van der Waals surface area (Å²) in [6, 6.07) is 32.4. The van der Waals surface area contributed by atoms with Gasteiger partial charge in [-0.25, -0.2) is 4.68 Å². The van der Waals surface area contributed by atoms with Crippen LogP contribution in [0.25, 0.3) is 0 Å². The zero-order valence-electron chi connectivity index (χ0n) is 21.4. The lowest BCUT2D eigenvalue weighted by Crippen LogP contribution is -2.48. The van der Waals surface area contributed by atoms with Crippen molar-refractivity contribution in [3.8, 4) is 0 Å². The Morgan fingerprint density at radius 3 is 1.95 bits per heavy atom. The summed E-state index contributed by atoms with van der Waals surface area (Å²) in [6.07, 6.45) is 0.755. The van der Waals surface area contributed by atoms with Crippen LogP contribution in [0.3, 0.4) is 0 Å². The molecule has 3 aromatic carbocycles. The predicted molar refractivity (Wildman–Crippen MR) is 150 cm³/mol. The third-order valence-electron chi connectivity index (χ3n) is 7.06. The zero-order chi connectivity index (χ0) is 25.5. The summed E-state index contributed by atoms with van der Waals surface area (Å²) in [6.45, 7) is 5.94. The minimum Gasteiger partial charge on any atom is -0.383 e. The van der Waals surface area contributed by atoms with Crippen molar-refractivity contribution in [3.63, 3.8) is 0 Å². The Morgan fingerprint density at radius 2 is 1.38 bits per heavy atom. The monoisotopic (exact) mass is 513 g/mol. The van der Waals surface area contributed by atoms with E-state index < -0.39 is 0 Å². The lowest BCUT2D eigenvalue weighted by atomic mass is 9.96. The lowest BCUT2D eigenvalue weighted by molar-refractivity contribution is 0.0842. The molecule has 0 atom stereocenters. The Hall–Kier alpha value is -3.10. The van der Waals surface area contributed by atoms with Gasteiger partial charge in [-0.2, -0.15) is 5.10 Å². The number of hydrogen-bond donors (Lipinski definition) is 0. The molecule has 1 saturated heterocycles. The molecule has 0 bridgehead atoms. The van der Waals surface area contributed by atoms with Crippen LogP contribution in [0.15, 0.2) is 91.0 Å². The number of nitrogens with zero attached hydrogens (tertiary/aromatic N) is 5. The SMILES string of the molecule is COCCn1c(Cc2ccccc2)nn(CN2CCN(C(c3ccccc3)c3ccccc3)CC2)c1=S. The van der Waals surface area contributed by atoms with Crippen molar-refractivity contribution in [1.82, 2.24) is 24.1 Å². The molecule has 0 amide bonds. The second kappa shape index (κ2) is 12.4. The van der Waals surface area contributed by atoms with E-state index in [1.54, 1.807) is 7.11 Å². The molecule has 1 aliphatic rings. The van der Waals surface area contributed by atoms with Gasteiger partial charge in [-0.05, 0) is 28.9 Å². The Morgan fingerprint density at radius 1 is 0.811 bits per heavy atom. The summed E-state index contributed by atoms with van der Waals surface area (Å²) in [5.41, 5.74) is 3.91. The molecule has 0 N–H and O–H groups in total. The molecule has 5 rings (SSSR count). The summed E-state index contributed by atoms with van der Waals surface area (Å²) in [4.78, 5) is 5.05. The molecule has 1 aliphatic heterocycles. The molecule has 6 nitrogen and oxygen atoms in total. The van der Waals surface area contributed by atoms with Crippen LogP contribution in [0.4, 0.5) is 0 Å². The maximum Gasteiger partial charge on any atom is 0.199 e. The van der Waals surface area contributed by atoms with Gasteiger partial charge in [-0.1, -0.05) is 91.0 Å². The Balaban J connectivity index is 1.30. The number of aromatic nitrogens is 3. The van der Waals surface area contributed by atoms with E-state index in [-0.39, 0.29) is 6.04 Å². The molecule has 1 aromatic heterocycles. The first-order valence-electron chi connectivity index (χ1n) is 13.0. The molecule has 0 unspecified atom stereocenters. The molecule has 7 heteroatoms. The highest BCUT2D eigenvalue weighted by Gasteiger charge is 2.27. The number of benzene rings is 3. The van der Waals surface area contributed by atoms with Crippen LogP contribution in [-0.2, 0) is 24.4 Å². The van der Waals surface area contributed by atoms with Crippen LogP contribution in [0.1, 0.15) is 28.6 Å². The molecule has 0 radical (unpaired) electrons. The van der Waals surface area contributed by atoms with Gasteiger partial charge in [0, 0.05) is 39.7 Å². The molecular weight excluding hydrogens is 478 g/mol. The minimum atomic E-state index is 0.262. The normalized spacial score (nSPS) is 14.9. The summed E-state index contributed by atoms with van der Waals surface area (Å²) < 4.78 is 10.2. The fourth-order valence-electron chi connectivity index (χ4n) is 5.13. The topological polar surface area (TPSA) is 38.5 Å². The van der Waals surface area contributed by atoms with Crippen molar-refractivity contribution in [3.05, 3.63) is 118 Å². The lowest BCUT2D eigenvalue weighted by Gasteiger charge is -2.39. The van der Waals surface area contributed by atoms with Gasteiger partial charge >= 0.3 is 0 Å². The van der Waals surface area contributed by atoms with E-state index in [2.05, 4.69) is 99.3 Å². The van der Waals surface area contributed by atoms with E-state index in [9.17, 15) is 0 Å². The van der Waals surface area contributed by atoms with Crippen molar-refractivity contribution in [2.75, 3.05) is 39.9 Å². The van der Waals surface area contributed by atoms with E-state index in [1.807, 2.05) is 10.7 Å². The molecule has 0 spiro atoms. The van der Waals surface area contributed by atoms with Gasteiger partial charge in [0.25, 0.3) is 0 Å². The molecular formula is C30H35N5OS. The maximum atomic E-state index is 5.87. The van der Waals surface area contributed by atoms with E-state index >= 15 is 0 Å². The largest absolute Gasteiger partial charge is 0.383 e. The first-order valence-corrected chi connectivity index (χ1v) is 13.4. The molecule has 1 fully saturated rings. The number of ether oxygens (including phenoxy) is 1. The molecule has 0 saturated carbocycles. The summed E-state index contributed by atoms with van der Waals surface area (Å²) in [5, 5.41) is 4.97. The average Bonchev–Trinajstić information content (AvgIpc) is 3.23. The average molecular weight is 514 g/mol. The maximum absolute atomic E-state index is 5.87. The number of rotatable bonds is 10. The Bertz CT molecular complexity index is 1260. The van der Waals surface area contributed by atoms with Crippen LogP contribution < -0.4 is 0 Å². The standard InChI is InChI=1S/C30H35N5OS/c1-36-22-21-34-28(23-25-11-5-2-6-12-25)31-35(30(34)37)24-32-17-19-33(20-18-32)29(26-13-7-3-8-14-26)27-15-9-4-10-16-27/h2-16,29H,17-24H2,1H3. The van der Waals surface area contributed by atoms with Crippen molar-refractivity contribution >= 4 is 12.2 Å². The van der Waals surface area contributed by atoms with Gasteiger partial charge in [0.05, 0.1) is 25.9 Å². The quantitative estimate of drug-likeness (QED) is 0.279. The second-order valence-corrected chi connectivity index (χ2v) is 9.89. The van der Waals surface area contributed by atoms with Gasteiger partial charge in [-0.15, -0.1) is 0 Å². The van der Waals surface area contributed by atoms with Gasteiger partial charge in [-0.3, -0.25) is 9.80 Å². The molecule has 4 aromatic rings. The van der Waals surface area contributed by atoms with Crippen LogP contribution in [-0.4, -0.2) is 64.0 Å². The highest BCUT2D eigenvalue weighted by atomic mass is 32.1. The van der Waals surface area contributed by atoms with Crippen molar-refractivity contribution in [1.29, 1.82) is 0 Å². The van der Waals surface area contributed by atoms with E-state index in [4.69, 9.17) is 22.1 Å². The third kappa shape index (κ3) is 6.25. The summed E-state index contributed by atoms with van der Waals surface area (Å²) >= 11 is 5.87. The van der Waals surface area contributed by atoms with E-state index in [0.29, 0.717) is 19.8 Å². The first kappa shape index (κ1) is 25.5.